The summed E-state index contributed by atoms with van der Waals surface area (Å²) in [5.74, 6) is 0.919. The number of carbonyl (C=O) groups is 1. The van der Waals surface area contributed by atoms with Gasteiger partial charge in [0.15, 0.2) is 0 Å². The van der Waals surface area contributed by atoms with E-state index in [1.165, 1.54) is 0 Å². The lowest BCUT2D eigenvalue weighted by Crippen LogP contribution is -2.24. The Morgan fingerprint density at radius 3 is 3.00 bits per heavy atom. The summed E-state index contributed by atoms with van der Waals surface area (Å²) in [6, 6.07) is 7.58. The maximum Gasteiger partial charge on any atom is 0.251 e. The molecule has 0 aliphatic rings. The molecule has 2 N–H and O–H groups in total. The zero-order chi connectivity index (χ0) is 11.8. The van der Waals surface area contributed by atoms with Gasteiger partial charge in [0.25, 0.3) is 5.91 Å². The van der Waals surface area contributed by atoms with Crippen LogP contribution in [0.1, 0.15) is 23.7 Å². The molecule has 4 heteroatoms. The Labute approximate surface area is 100 Å². The van der Waals surface area contributed by atoms with Gasteiger partial charge in [-0.3, -0.25) is 4.79 Å². The average molecular weight is 239 g/mol. The van der Waals surface area contributed by atoms with Gasteiger partial charge in [0.2, 0.25) is 0 Å². The van der Waals surface area contributed by atoms with Crippen LogP contribution >= 0.6 is 11.8 Å². The molecule has 0 saturated heterocycles. The molecule has 3 nitrogen and oxygen atoms in total. The second-order valence-electron chi connectivity index (χ2n) is 3.29. The zero-order valence-corrected chi connectivity index (χ0v) is 10.2. The second-order valence-corrected chi connectivity index (χ2v) is 4.63. The molecule has 0 atom stereocenters. The monoisotopic (exact) mass is 239 g/mol. The van der Waals surface area contributed by atoms with Crippen LogP contribution in [0.5, 0.6) is 0 Å². The highest BCUT2D eigenvalue weighted by Gasteiger charge is 2.04. The van der Waals surface area contributed by atoms with E-state index >= 15 is 0 Å². The molecule has 0 fully saturated rings. The molecule has 0 aliphatic heterocycles. The summed E-state index contributed by atoms with van der Waals surface area (Å²) in [6.45, 7) is 2.70. The SMILES string of the molecule is CCSc1cccc(C(=O)NCCCO)c1. The van der Waals surface area contributed by atoms with Gasteiger partial charge in [0, 0.05) is 23.6 Å². The first-order chi connectivity index (χ1) is 7.77. The smallest absolute Gasteiger partial charge is 0.251 e. The van der Waals surface area contributed by atoms with Crippen molar-refractivity contribution in [3.8, 4) is 0 Å². The van der Waals surface area contributed by atoms with E-state index < -0.39 is 0 Å². The predicted molar refractivity (Wildman–Crippen MR) is 66.9 cm³/mol. The van der Waals surface area contributed by atoms with Gasteiger partial charge >= 0.3 is 0 Å². The summed E-state index contributed by atoms with van der Waals surface area (Å²) in [5.41, 5.74) is 0.677. The fourth-order valence-corrected chi connectivity index (χ4v) is 2.00. The molecule has 1 aromatic rings. The second kappa shape index (κ2) is 7.30. The van der Waals surface area contributed by atoms with E-state index in [9.17, 15) is 4.79 Å². The van der Waals surface area contributed by atoms with E-state index in [0.717, 1.165) is 10.6 Å². The van der Waals surface area contributed by atoms with Crippen LogP contribution < -0.4 is 5.32 Å². The molecule has 1 aromatic carbocycles. The molecular weight excluding hydrogens is 222 g/mol. The highest BCUT2D eigenvalue weighted by atomic mass is 32.2. The number of rotatable bonds is 6. The maximum atomic E-state index is 11.7. The van der Waals surface area contributed by atoms with Crippen LogP contribution in [0.4, 0.5) is 0 Å². The Bertz CT molecular complexity index is 342. The first-order valence-electron chi connectivity index (χ1n) is 5.40. The van der Waals surface area contributed by atoms with Crippen LogP contribution in [0.25, 0.3) is 0 Å². The Kier molecular flexibility index (Phi) is 5.96. The highest BCUT2D eigenvalue weighted by Crippen LogP contribution is 2.18. The van der Waals surface area contributed by atoms with Crippen molar-refractivity contribution in [3.63, 3.8) is 0 Å². The lowest BCUT2D eigenvalue weighted by atomic mass is 10.2. The van der Waals surface area contributed by atoms with Crippen molar-refractivity contribution in [2.45, 2.75) is 18.2 Å². The van der Waals surface area contributed by atoms with Crippen LogP contribution in [0.2, 0.25) is 0 Å². The van der Waals surface area contributed by atoms with Crippen molar-refractivity contribution in [2.24, 2.45) is 0 Å². The average Bonchev–Trinajstić information content (AvgIpc) is 2.30. The molecule has 1 rings (SSSR count). The van der Waals surface area contributed by atoms with E-state index in [1.807, 2.05) is 18.2 Å². The normalized spacial score (nSPS) is 10.1. The highest BCUT2D eigenvalue weighted by molar-refractivity contribution is 7.99. The third-order valence-electron chi connectivity index (χ3n) is 2.03. The summed E-state index contributed by atoms with van der Waals surface area (Å²) in [4.78, 5) is 12.8. The topological polar surface area (TPSA) is 49.3 Å². The van der Waals surface area contributed by atoms with Gasteiger partial charge in [-0.15, -0.1) is 11.8 Å². The van der Waals surface area contributed by atoms with Crippen LogP contribution in [0.3, 0.4) is 0 Å². The number of thioether (sulfide) groups is 1. The Hall–Kier alpha value is -1.00. The molecule has 0 radical (unpaired) electrons. The predicted octanol–water partition coefficient (Wildman–Crippen LogP) is 1.91. The standard InChI is InChI=1S/C12H17NO2S/c1-2-16-11-6-3-5-10(9-11)12(15)13-7-4-8-14/h3,5-6,9,14H,2,4,7-8H2,1H3,(H,13,15). The molecule has 0 heterocycles. The van der Waals surface area contributed by atoms with E-state index in [-0.39, 0.29) is 12.5 Å². The zero-order valence-electron chi connectivity index (χ0n) is 9.40. The first kappa shape index (κ1) is 13.1. The van der Waals surface area contributed by atoms with Crippen LogP contribution in [-0.4, -0.2) is 29.9 Å². The third-order valence-corrected chi connectivity index (χ3v) is 2.90. The van der Waals surface area contributed by atoms with E-state index in [0.29, 0.717) is 18.5 Å². The van der Waals surface area contributed by atoms with Gasteiger partial charge in [0.1, 0.15) is 0 Å². The van der Waals surface area contributed by atoms with Crippen molar-refractivity contribution in [1.29, 1.82) is 0 Å². The van der Waals surface area contributed by atoms with Crippen LogP contribution in [-0.2, 0) is 0 Å². The van der Waals surface area contributed by atoms with Gasteiger partial charge < -0.3 is 10.4 Å². The molecule has 16 heavy (non-hydrogen) atoms. The quantitative estimate of drug-likeness (QED) is 0.589. The number of amides is 1. The van der Waals surface area contributed by atoms with E-state index in [2.05, 4.69) is 12.2 Å². The van der Waals surface area contributed by atoms with Gasteiger partial charge in [-0.05, 0) is 30.4 Å². The number of aliphatic hydroxyl groups is 1. The number of nitrogens with one attached hydrogen (secondary N) is 1. The summed E-state index contributed by atoms with van der Waals surface area (Å²) in [7, 11) is 0. The number of hydrogen-bond acceptors (Lipinski definition) is 3. The van der Waals surface area contributed by atoms with Crippen molar-refractivity contribution < 1.29 is 9.90 Å². The molecule has 1 amide bonds. The fourth-order valence-electron chi connectivity index (χ4n) is 1.28. The number of benzene rings is 1. The lowest BCUT2D eigenvalue weighted by molar-refractivity contribution is 0.0951. The summed E-state index contributed by atoms with van der Waals surface area (Å²) < 4.78 is 0. The molecule has 0 spiro atoms. The molecule has 0 saturated carbocycles. The molecule has 0 bridgehead atoms. The largest absolute Gasteiger partial charge is 0.396 e. The van der Waals surface area contributed by atoms with Crippen molar-refractivity contribution in [1.82, 2.24) is 5.32 Å². The van der Waals surface area contributed by atoms with Crippen LogP contribution in [0.15, 0.2) is 29.2 Å². The third kappa shape index (κ3) is 4.24. The Balaban J connectivity index is 2.57. The van der Waals surface area contributed by atoms with E-state index in [1.54, 1.807) is 17.8 Å². The minimum absolute atomic E-state index is 0.0768. The first-order valence-corrected chi connectivity index (χ1v) is 6.38. The Morgan fingerprint density at radius 2 is 2.31 bits per heavy atom. The summed E-state index contributed by atoms with van der Waals surface area (Å²) in [5, 5.41) is 11.4. The number of aliphatic hydroxyl groups excluding tert-OH is 1. The van der Waals surface area contributed by atoms with Crippen molar-refractivity contribution >= 4 is 17.7 Å². The summed E-state index contributed by atoms with van der Waals surface area (Å²) in [6.07, 6.45) is 0.592. The fraction of sp³-hybridized carbons (Fsp3) is 0.417. The minimum Gasteiger partial charge on any atom is -0.396 e. The maximum absolute atomic E-state index is 11.7. The number of carbonyl (C=O) groups excluding carboxylic acids is 1. The summed E-state index contributed by atoms with van der Waals surface area (Å²) >= 11 is 1.72. The number of hydrogen-bond donors (Lipinski definition) is 2. The minimum atomic E-state index is -0.0768. The van der Waals surface area contributed by atoms with Crippen molar-refractivity contribution in [2.75, 3.05) is 18.9 Å². The van der Waals surface area contributed by atoms with E-state index in [4.69, 9.17) is 5.11 Å². The van der Waals surface area contributed by atoms with Gasteiger partial charge in [-0.1, -0.05) is 13.0 Å². The van der Waals surface area contributed by atoms with Crippen LogP contribution in [0, 0.1) is 0 Å². The molecule has 0 aromatic heterocycles. The lowest BCUT2D eigenvalue weighted by Gasteiger charge is -2.05. The molecular formula is C12H17NO2S. The molecule has 0 aliphatic carbocycles. The van der Waals surface area contributed by atoms with Gasteiger partial charge in [-0.2, -0.15) is 0 Å². The Morgan fingerprint density at radius 1 is 1.50 bits per heavy atom. The van der Waals surface area contributed by atoms with Crippen molar-refractivity contribution in [3.05, 3.63) is 29.8 Å². The molecule has 88 valence electrons. The van der Waals surface area contributed by atoms with Gasteiger partial charge in [-0.25, -0.2) is 0 Å². The molecule has 0 unspecified atom stereocenters. The van der Waals surface area contributed by atoms with Gasteiger partial charge in [0.05, 0.1) is 0 Å².